The molecule has 0 unspecified atom stereocenters. The van der Waals surface area contributed by atoms with Crippen LogP contribution in [-0.4, -0.2) is 36.5 Å². The van der Waals surface area contributed by atoms with Crippen LogP contribution in [0, 0.1) is 13.8 Å². The van der Waals surface area contributed by atoms with Crippen molar-refractivity contribution in [2.45, 2.75) is 39.3 Å². The van der Waals surface area contributed by atoms with Crippen LogP contribution >= 0.6 is 0 Å². The van der Waals surface area contributed by atoms with Crippen LogP contribution in [-0.2, 0) is 13.6 Å². The molecule has 1 aromatic heterocycles. The molecule has 1 aliphatic rings. The van der Waals surface area contributed by atoms with E-state index in [4.69, 9.17) is 4.74 Å². The number of aryl methyl sites for hydroxylation is 2. The number of aromatic nitrogens is 2. The number of quaternary nitrogens is 2. The summed E-state index contributed by atoms with van der Waals surface area (Å²) in [6, 6.07) is 9.21. The number of benzene rings is 1. The van der Waals surface area contributed by atoms with Crippen LogP contribution in [0.15, 0.2) is 24.3 Å². The molecule has 0 spiro atoms. The van der Waals surface area contributed by atoms with Gasteiger partial charge in [0.05, 0.1) is 25.9 Å². The van der Waals surface area contributed by atoms with E-state index in [0.29, 0.717) is 6.04 Å². The summed E-state index contributed by atoms with van der Waals surface area (Å²) in [4.78, 5) is 1.72. The van der Waals surface area contributed by atoms with Crippen molar-refractivity contribution in [3.8, 4) is 5.75 Å². The van der Waals surface area contributed by atoms with Crippen molar-refractivity contribution in [1.82, 2.24) is 9.78 Å². The van der Waals surface area contributed by atoms with Gasteiger partial charge in [-0.1, -0.05) is 0 Å². The normalized spacial score (nSPS) is 16.3. The third-order valence-corrected chi connectivity index (χ3v) is 5.67. The van der Waals surface area contributed by atoms with Gasteiger partial charge in [0.2, 0.25) is 0 Å². The third-order valence-electron chi connectivity index (χ3n) is 5.67. The van der Waals surface area contributed by atoms with Crippen molar-refractivity contribution in [1.29, 1.82) is 0 Å². The fraction of sp³-hybridized carbons (Fsp3) is 0.550. The molecule has 1 aliphatic heterocycles. The molecular formula is C20H32N4O+2. The number of rotatable bonds is 7. The lowest BCUT2D eigenvalue weighted by molar-refractivity contribution is -0.935. The molecule has 0 radical (unpaired) electrons. The number of nitrogens with two attached hydrogens (primary N) is 1. The summed E-state index contributed by atoms with van der Waals surface area (Å²) in [5.41, 5.74) is 5.25. The van der Waals surface area contributed by atoms with Crippen molar-refractivity contribution in [2.75, 3.05) is 26.7 Å². The SMILES string of the molecule is COc1ccc([C@H](C[NH2+]Cc2c(C)nn(C)c2C)[NH+]2CCCC2)cc1. The Labute approximate surface area is 151 Å². The highest BCUT2D eigenvalue weighted by atomic mass is 16.5. The van der Waals surface area contributed by atoms with Gasteiger partial charge in [-0.3, -0.25) is 4.68 Å². The monoisotopic (exact) mass is 344 g/mol. The first-order valence-corrected chi connectivity index (χ1v) is 9.39. The van der Waals surface area contributed by atoms with Crippen LogP contribution in [0.1, 0.15) is 41.4 Å². The molecule has 1 saturated heterocycles. The van der Waals surface area contributed by atoms with Gasteiger partial charge in [0, 0.05) is 36.7 Å². The molecule has 1 aromatic carbocycles. The molecule has 0 aliphatic carbocycles. The average Bonchev–Trinajstić information content (AvgIpc) is 3.23. The van der Waals surface area contributed by atoms with E-state index in [1.54, 1.807) is 12.0 Å². The topological polar surface area (TPSA) is 48.1 Å². The molecule has 0 saturated carbocycles. The van der Waals surface area contributed by atoms with Gasteiger partial charge in [-0.25, -0.2) is 0 Å². The maximum atomic E-state index is 5.32. The minimum atomic E-state index is 0.547. The van der Waals surface area contributed by atoms with Gasteiger partial charge in [-0.05, 0) is 38.1 Å². The Balaban J connectivity index is 1.69. The summed E-state index contributed by atoms with van der Waals surface area (Å²) in [5, 5.41) is 7.00. The number of nitrogens with one attached hydrogen (secondary N) is 1. The maximum Gasteiger partial charge on any atom is 0.163 e. The average molecular weight is 345 g/mol. The minimum Gasteiger partial charge on any atom is -0.497 e. The number of hydrogen-bond acceptors (Lipinski definition) is 2. The molecule has 3 N–H and O–H groups in total. The maximum absolute atomic E-state index is 5.32. The van der Waals surface area contributed by atoms with Gasteiger partial charge in [0.15, 0.2) is 6.04 Å². The number of ether oxygens (including phenoxy) is 1. The lowest BCUT2D eigenvalue weighted by Crippen LogP contribution is -3.13. The number of likely N-dealkylation sites (tertiary alicyclic amines) is 1. The van der Waals surface area contributed by atoms with Gasteiger partial charge in [-0.2, -0.15) is 5.10 Å². The van der Waals surface area contributed by atoms with Crippen LogP contribution < -0.4 is 15.0 Å². The van der Waals surface area contributed by atoms with E-state index in [1.165, 1.54) is 42.8 Å². The van der Waals surface area contributed by atoms with Crippen molar-refractivity contribution in [2.24, 2.45) is 7.05 Å². The van der Waals surface area contributed by atoms with Crippen LogP contribution in [0.3, 0.4) is 0 Å². The van der Waals surface area contributed by atoms with Gasteiger partial charge in [-0.15, -0.1) is 0 Å². The lowest BCUT2D eigenvalue weighted by atomic mass is 10.0. The molecule has 5 nitrogen and oxygen atoms in total. The highest BCUT2D eigenvalue weighted by molar-refractivity contribution is 5.28. The largest absolute Gasteiger partial charge is 0.497 e. The van der Waals surface area contributed by atoms with Crippen molar-refractivity contribution in [3.63, 3.8) is 0 Å². The van der Waals surface area contributed by atoms with Crippen LogP contribution in [0.2, 0.25) is 0 Å². The van der Waals surface area contributed by atoms with Crippen molar-refractivity contribution < 1.29 is 15.0 Å². The van der Waals surface area contributed by atoms with E-state index < -0.39 is 0 Å². The quantitative estimate of drug-likeness (QED) is 0.770. The van der Waals surface area contributed by atoms with Crippen LogP contribution in [0.5, 0.6) is 5.75 Å². The van der Waals surface area contributed by atoms with Crippen molar-refractivity contribution in [3.05, 3.63) is 46.8 Å². The first-order valence-electron chi connectivity index (χ1n) is 9.39. The highest BCUT2D eigenvalue weighted by Gasteiger charge is 2.29. The Kier molecular flexibility index (Phi) is 5.76. The lowest BCUT2D eigenvalue weighted by Gasteiger charge is -2.24. The Morgan fingerprint density at radius 1 is 1.20 bits per heavy atom. The molecular weight excluding hydrogens is 312 g/mol. The molecule has 0 bridgehead atoms. The second-order valence-corrected chi connectivity index (χ2v) is 7.19. The highest BCUT2D eigenvalue weighted by Crippen LogP contribution is 2.16. The van der Waals surface area contributed by atoms with E-state index in [-0.39, 0.29) is 0 Å². The van der Waals surface area contributed by atoms with E-state index in [1.807, 2.05) is 11.7 Å². The van der Waals surface area contributed by atoms with Gasteiger partial charge >= 0.3 is 0 Å². The third kappa shape index (κ3) is 4.05. The first-order chi connectivity index (χ1) is 12.1. The van der Waals surface area contributed by atoms with E-state index in [9.17, 15) is 0 Å². The summed E-state index contributed by atoms with van der Waals surface area (Å²) >= 11 is 0. The fourth-order valence-electron chi connectivity index (χ4n) is 4.06. The Bertz CT molecular complexity index is 686. The molecule has 25 heavy (non-hydrogen) atoms. The zero-order valence-electron chi connectivity index (χ0n) is 16.0. The zero-order chi connectivity index (χ0) is 17.8. The summed E-state index contributed by atoms with van der Waals surface area (Å²) in [5.74, 6) is 0.935. The van der Waals surface area contributed by atoms with Crippen LogP contribution in [0.25, 0.3) is 0 Å². The smallest absolute Gasteiger partial charge is 0.163 e. The molecule has 1 fully saturated rings. The summed E-state index contributed by atoms with van der Waals surface area (Å²) in [7, 11) is 3.75. The number of nitrogens with zero attached hydrogens (tertiary/aromatic N) is 2. The Morgan fingerprint density at radius 3 is 2.44 bits per heavy atom. The molecule has 3 rings (SSSR count). The Hall–Kier alpha value is -1.85. The number of methoxy groups -OCH3 is 1. The molecule has 2 aromatic rings. The van der Waals surface area contributed by atoms with Gasteiger partial charge in [0.25, 0.3) is 0 Å². The molecule has 136 valence electrons. The first kappa shape index (κ1) is 18.0. The predicted octanol–water partition coefficient (Wildman–Crippen LogP) is 0.529. The number of hydrogen-bond donors (Lipinski definition) is 2. The fourth-order valence-corrected chi connectivity index (χ4v) is 4.06. The molecule has 2 heterocycles. The van der Waals surface area contributed by atoms with E-state index in [2.05, 4.69) is 48.5 Å². The van der Waals surface area contributed by atoms with Gasteiger partial charge in [0.1, 0.15) is 18.8 Å². The Morgan fingerprint density at radius 2 is 1.88 bits per heavy atom. The summed E-state index contributed by atoms with van der Waals surface area (Å²) in [6.45, 7) is 8.96. The zero-order valence-corrected chi connectivity index (χ0v) is 16.0. The van der Waals surface area contributed by atoms with Crippen molar-refractivity contribution >= 4 is 0 Å². The second kappa shape index (κ2) is 8.02. The van der Waals surface area contributed by atoms with E-state index in [0.717, 1.165) is 24.5 Å². The summed E-state index contributed by atoms with van der Waals surface area (Å²) < 4.78 is 7.31. The summed E-state index contributed by atoms with van der Waals surface area (Å²) in [6.07, 6.45) is 2.70. The molecule has 1 atom stereocenters. The van der Waals surface area contributed by atoms with Gasteiger partial charge < -0.3 is 15.0 Å². The van der Waals surface area contributed by atoms with E-state index >= 15 is 0 Å². The minimum absolute atomic E-state index is 0.547. The standard InChI is InChI=1S/C20H30N4O/c1-15-19(16(2)23(3)22-15)13-21-14-20(24-11-5-6-12-24)17-7-9-18(25-4)10-8-17/h7-10,20-21H,5-6,11-14H2,1-4H3/p+2/t20-/m0/s1. The van der Waals surface area contributed by atoms with Crippen LogP contribution in [0.4, 0.5) is 0 Å². The molecule has 5 heteroatoms. The molecule has 0 amide bonds. The predicted molar refractivity (Wildman–Crippen MR) is 98.8 cm³/mol. The second-order valence-electron chi connectivity index (χ2n) is 7.19.